The lowest BCUT2D eigenvalue weighted by Gasteiger charge is -2.25. The molecule has 0 bridgehead atoms. The van der Waals surface area contributed by atoms with E-state index in [1.807, 2.05) is 42.2 Å². The highest BCUT2D eigenvalue weighted by molar-refractivity contribution is 6.45. The summed E-state index contributed by atoms with van der Waals surface area (Å²) in [5.74, 6) is -0.0287. The Kier molecular flexibility index (Phi) is 7.81. The van der Waals surface area contributed by atoms with Gasteiger partial charge in [0, 0.05) is 27.3 Å². The third-order valence-electron chi connectivity index (χ3n) is 4.97. The van der Waals surface area contributed by atoms with E-state index in [0.717, 1.165) is 0 Å². The molecule has 0 unspecified atom stereocenters. The van der Waals surface area contributed by atoms with E-state index >= 15 is 0 Å². The van der Waals surface area contributed by atoms with Crippen LogP contribution in [0.4, 0.5) is 5.69 Å². The summed E-state index contributed by atoms with van der Waals surface area (Å²) < 4.78 is 15.9. The molecule has 0 aromatic heterocycles. The number of anilines is 1. The Hall–Kier alpha value is -3.16. The Bertz CT molecular complexity index is 917. The molecule has 2 amide bonds. The molecule has 1 aliphatic heterocycles. The first-order valence-electron chi connectivity index (χ1n) is 10.3. The minimum absolute atomic E-state index is 0.352. The lowest BCUT2D eigenvalue weighted by molar-refractivity contribution is -0.120. The molecule has 7 heteroatoms. The van der Waals surface area contributed by atoms with Crippen molar-refractivity contribution in [3.05, 3.63) is 65.9 Å². The van der Waals surface area contributed by atoms with Crippen molar-refractivity contribution in [2.24, 2.45) is 0 Å². The van der Waals surface area contributed by atoms with Crippen LogP contribution in [0, 0.1) is 0 Å². The zero-order valence-electron chi connectivity index (χ0n) is 18.2. The highest BCUT2D eigenvalue weighted by Gasteiger charge is 2.42. The monoisotopic (exact) mass is 424 g/mol. The smallest absolute Gasteiger partial charge is 0.282 e. The van der Waals surface area contributed by atoms with Gasteiger partial charge in [0.2, 0.25) is 0 Å². The van der Waals surface area contributed by atoms with E-state index in [1.54, 1.807) is 38.5 Å². The van der Waals surface area contributed by atoms with Crippen LogP contribution in [0.2, 0.25) is 0 Å². The van der Waals surface area contributed by atoms with Gasteiger partial charge in [0.15, 0.2) is 0 Å². The molecule has 164 valence electrons. The fraction of sp³-hybridized carbons (Fsp3) is 0.333. The number of carbonyl (C=O) groups is 2. The number of imide groups is 1. The maximum atomic E-state index is 13.6. The van der Waals surface area contributed by atoms with Crippen molar-refractivity contribution in [3.63, 3.8) is 0 Å². The highest BCUT2D eigenvalue weighted by atomic mass is 16.5. The molecule has 31 heavy (non-hydrogen) atoms. The average Bonchev–Trinajstić information content (AvgIpc) is 3.05. The Morgan fingerprint density at radius 3 is 2.00 bits per heavy atom. The molecule has 2 aromatic rings. The van der Waals surface area contributed by atoms with E-state index in [2.05, 4.69) is 0 Å². The van der Waals surface area contributed by atoms with Crippen LogP contribution in [0.1, 0.15) is 12.5 Å². The van der Waals surface area contributed by atoms with Gasteiger partial charge in [-0.05, 0) is 36.8 Å². The van der Waals surface area contributed by atoms with E-state index in [0.29, 0.717) is 61.2 Å². The average molecular weight is 424 g/mol. The summed E-state index contributed by atoms with van der Waals surface area (Å²) in [6.07, 6.45) is 0. The largest absolute Gasteiger partial charge is 0.494 e. The van der Waals surface area contributed by atoms with E-state index in [-0.39, 0.29) is 11.8 Å². The zero-order chi connectivity index (χ0) is 22.2. The molecule has 0 saturated heterocycles. The van der Waals surface area contributed by atoms with Crippen molar-refractivity contribution in [3.8, 4) is 5.75 Å². The number of nitrogens with zero attached hydrogens (tertiary/aromatic N) is 2. The first-order valence-corrected chi connectivity index (χ1v) is 10.3. The van der Waals surface area contributed by atoms with Gasteiger partial charge in [0.05, 0.1) is 31.1 Å². The predicted molar refractivity (Wildman–Crippen MR) is 119 cm³/mol. The fourth-order valence-corrected chi connectivity index (χ4v) is 3.51. The zero-order valence-corrected chi connectivity index (χ0v) is 18.2. The lowest BCUT2D eigenvalue weighted by atomic mass is 10.0. The third-order valence-corrected chi connectivity index (χ3v) is 4.97. The van der Waals surface area contributed by atoms with Gasteiger partial charge in [-0.3, -0.25) is 9.59 Å². The number of methoxy groups -OCH3 is 2. The maximum absolute atomic E-state index is 13.6. The van der Waals surface area contributed by atoms with E-state index in [1.165, 1.54) is 4.90 Å². The van der Waals surface area contributed by atoms with Crippen LogP contribution in [0.5, 0.6) is 5.75 Å². The molecule has 0 radical (unpaired) electrons. The third kappa shape index (κ3) is 4.95. The van der Waals surface area contributed by atoms with Gasteiger partial charge >= 0.3 is 0 Å². The van der Waals surface area contributed by atoms with Crippen LogP contribution in [0.3, 0.4) is 0 Å². The van der Waals surface area contributed by atoms with Crippen LogP contribution < -0.4 is 9.64 Å². The van der Waals surface area contributed by atoms with Crippen LogP contribution >= 0.6 is 0 Å². The standard InChI is InChI=1S/C24H28N2O5/c1-4-31-20-12-10-19(11-13-20)26-23(27)21(18-8-6-5-7-9-18)22(24(26)28)25(14-16-29-2)15-17-30-3/h5-13H,4,14-17H2,1-3H3. The van der Waals surface area contributed by atoms with E-state index < -0.39 is 0 Å². The van der Waals surface area contributed by atoms with Gasteiger partial charge in [0.1, 0.15) is 11.4 Å². The number of carbonyl (C=O) groups excluding carboxylic acids is 2. The second-order valence-electron chi connectivity index (χ2n) is 6.93. The molecule has 0 spiro atoms. The molecule has 1 heterocycles. The fourth-order valence-electron chi connectivity index (χ4n) is 3.51. The Morgan fingerprint density at radius 1 is 0.839 bits per heavy atom. The number of ether oxygens (including phenoxy) is 3. The van der Waals surface area contributed by atoms with Gasteiger partial charge in [0.25, 0.3) is 11.8 Å². The molecule has 0 N–H and O–H groups in total. The van der Waals surface area contributed by atoms with Crippen molar-refractivity contribution in [2.45, 2.75) is 6.92 Å². The summed E-state index contributed by atoms with van der Waals surface area (Å²) >= 11 is 0. The minimum Gasteiger partial charge on any atom is -0.494 e. The molecule has 3 rings (SSSR count). The second-order valence-corrected chi connectivity index (χ2v) is 6.93. The summed E-state index contributed by atoms with van der Waals surface area (Å²) in [5.41, 5.74) is 1.94. The molecule has 0 fully saturated rings. The van der Waals surface area contributed by atoms with Crippen molar-refractivity contribution in [2.75, 3.05) is 52.0 Å². The summed E-state index contributed by atoms with van der Waals surface area (Å²) in [5, 5.41) is 0. The summed E-state index contributed by atoms with van der Waals surface area (Å²) in [6.45, 7) is 4.19. The summed E-state index contributed by atoms with van der Waals surface area (Å²) in [7, 11) is 3.21. The molecular weight excluding hydrogens is 396 g/mol. The van der Waals surface area contributed by atoms with Gasteiger partial charge in [-0.1, -0.05) is 30.3 Å². The molecule has 0 saturated carbocycles. The van der Waals surface area contributed by atoms with Crippen LogP contribution in [-0.2, 0) is 19.1 Å². The first kappa shape index (κ1) is 22.5. The van der Waals surface area contributed by atoms with Crippen LogP contribution in [0.15, 0.2) is 60.3 Å². The van der Waals surface area contributed by atoms with E-state index in [9.17, 15) is 9.59 Å². The Labute approximate surface area is 182 Å². The molecule has 0 atom stereocenters. The van der Waals surface area contributed by atoms with Gasteiger partial charge in [-0.15, -0.1) is 0 Å². The topological polar surface area (TPSA) is 68.3 Å². The number of amides is 2. The maximum Gasteiger partial charge on any atom is 0.282 e. The number of hydrogen-bond acceptors (Lipinski definition) is 6. The van der Waals surface area contributed by atoms with Gasteiger partial charge in [-0.25, -0.2) is 4.90 Å². The SMILES string of the molecule is CCOc1ccc(N2C(=O)C(c3ccccc3)=C(N(CCOC)CCOC)C2=O)cc1. The highest BCUT2D eigenvalue weighted by Crippen LogP contribution is 2.35. The minimum atomic E-state index is -0.361. The van der Waals surface area contributed by atoms with Crippen LogP contribution in [-0.4, -0.2) is 63.8 Å². The first-order chi connectivity index (χ1) is 15.1. The number of benzene rings is 2. The number of hydrogen-bond donors (Lipinski definition) is 0. The van der Waals surface area contributed by atoms with Crippen molar-refractivity contribution >= 4 is 23.1 Å². The molecule has 2 aromatic carbocycles. The van der Waals surface area contributed by atoms with Crippen LogP contribution in [0.25, 0.3) is 5.57 Å². The normalized spacial score (nSPS) is 13.8. The molecule has 0 aliphatic carbocycles. The molecule has 1 aliphatic rings. The second kappa shape index (κ2) is 10.7. The Balaban J connectivity index is 2.04. The molecule has 7 nitrogen and oxygen atoms in total. The molecular formula is C24H28N2O5. The predicted octanol–water partition coefficient (Wildman–Crippen LogP) is 2.96. The quantitative estimate of drug-likeness (QED) is 0.517. The van der Waals surface area contributed by atoms with Crippen molar-refractivity contribution in [1.82, 2.24) is 4.90 Å². The number of rotatable bonds is 11. The Morgan fingerprint density at radius 2 is 1.45 bits per heavy atom. The summed E-state index contributed by atoms with van der Waals surface area (Å²) in [6, 6.07) is 16.2. The van der Waals surface area contributed by atoms with E-state index in [4.69, 9.17) is 14.2 Å². The van der Waals surface area contributed by atoms with Crippen molar-refractivity contribution in [1.29, 1.82) is 0 Å². The van der Waals surface area contributed by atoms with Gasteiger partial charge in [-0.2, -0.15) is 0 Å². The van der Waals surface area contributed by atoms with Gasteiger partial charge < -0.3 is 19.1 Å². The summed E-state index contributed by atoms with van der Waals surface area (Å²) in [4.78, 5) is 30.2. The van der Waals surface area contributed by atoms with Crippen molar-refractivity contribution < 1.29 is 23.8 Å². The lowest BCUT2D eigenvalue weighted by Crippen LogP contribution is -2.37.